The van der Waals surface area contributed by atoms with E-state index in [9.17, 15) is 14.4 Å². The molecule has 1 aromatic carbocycles. The molecule has 0 spiro atoms. The highest BCUT2D eigenvalue weighted by atomic mass is 16.4. The van der Waals surface area contributed by atoms with Crippen molar-refractivity contribution in [2.45, 2.75) is 0 Å². The number of rotatable bonds is 2. The molecule has 0 unspecified atom stereocenters. The Kier molecular flexibility index (Phi) is 2.95. The zero-order valence-electron chi connectivity index (χ0n) is 11.9. The van der Waals surface area contributed by atoms with Crippen molar-refractivity contribution in [3.63, 3.8) is 0 Å². The highest BCUT2D eigenvalue weighted by Crippen LogP contribution is 2.19. The number of carbonyl (C=O) groups excluding carboxylic acids is 1. The Morgan fingerprint density at radius 2 is 2.04 bits per heavy atom. The van der Waals surface area contributed by atoms with Crippen LogP contribution in [-0.4, -0.2) is 31.5 Å². The molecule has 0 radical (unpaired) electrons. The van der Waals surface area contributed by atoms with Crippen LogP contribution in [0.5, 0.6) is 0 Å². The molecular weight excluding hydrogens is 316 g/mol. The maximum absolute atomic E-state index is 12.7. The molecule has 0 saturated heterocycles. The number of hydrogen-bond donors (Lipinski definition) is 3. The molecule has 0 fully saturated rings. The van der Waals surface area contributed by atoms with Gasteiger partial charge in [0.15, 0.2) is 0 Å². The highest BCUT2D eigenvalue weighted by molar-refractivity contribution is 6.08. The molecule has 3 aromatic heterocycles. The minimum Gasteiger partial charge on any atom is -0.421 e. The van der Waals surface area contributed by atoms with Crippen molar-refractivity contribution in [3.8, 4) is 0 Å². The fraction of sp³-hybridized carbons (Fsp3) is 0. The first-order chi connectivity index (χ1) is 11.6. The average molecular weight is 324 g/mol. The summed E-state index contributed by atoms with van der Waals surface area (Å²) in [6.07, 6.45) is 1.15. The second-order valence-electron chi connectivity index (χ2n) is 4.87. The molecule has 3 N–H and O–H groups in total. The fourth-order valence-electron chi connectivity index (χ4n) is 2.42. The third-order valence-electron chi connectivity index (χ3n) is 3.47. The second-order valence-corrected chi connectivity index (χ2v) is 4.87. The molecule has 1 amide bonds. The summed E-state index contributed by atoms with van der Waals surface area (Å²) in [5.74, 6) is -0.717. The van der Waals surface area contributed by atoms with Gasteiger partial charge in [0, 0.05) is 11.6 Å². The van der Waals surface area contributed by atoms with E-state index in [1.807, 2.05) is 0 Å². The van der Waals surface area contributed by atoms with Crippen molar-refractivity contribution in [3.05, 3.63) is 56.7 Å². The SMILES string of the molecule is O=C(Nc1nnn[nH]1)c1c[nH]c2c(=O)oc3ccccc3c2c1=O. The van der Waals surface area contributed by atoms with Crippen molar-refractivity contribution in [1.82, 2.24) is 25.6 Å². The van der Waals surface area contributed by atoms with Gasteiger partial charge in [0.2, 0.25) is 11.4 Å². The van der Waals surface area contributed by atoms with Gasteiger partial charge in [-0.25, -0.2) is 9.89 Å². The van der Waals surface area contributed by atoms with Crippen LogP contribution in [0.4, 0.5) is 5.95 Å². The average Bonchev–Trinajstić information content (AvgIpc) is 3.08. The first-order valence-corrected chi connectivity index (χ1v) is 6.77. The number of fused-ring (bicyclic) bond motifs is 3. The first kappa shape index (κ1) is 13.8. The third-order valence-corrected chi connectivity index (χ3v) is 3.47. The number of benzene rings is 1. The molecule has 0 aliphatic heterocycles. The summed E-state index contributed by atoms with van der Waals surface area (Å²) in [6, 6.07) is 6.59. The van der Waals surface area contributed by atoms with Gasteiger partial charge in [-0.05, 0) is 16.5 Å². The van der Waals surface area contributed by atoms with Gasteiger partial charge in [-0.1, -0.05) is 23.3 Å². The van der Waals surface area contributed by atoms with Crippen molar-refractivity contribution in [1.29, 1.82) is 0 Å². The molecule has 3 heterocycles. The van der Waals surface area contributed by atoms with E-state index >= 15 is 0 Å². The zero-order valence-corrected chi connectivity index (χ0v) is 11.9. The molecule has 0 atom stereocenters. The number of anilines is 1. The number of para-hydroxylation sites is 1. The Morgan fingerprint density at radius 3 is 2.83 bits per heavy atom. The van der Waals surface area contributed by atoms with E-state index in [0.717, 1.165) is 6.20 Å². The van der Waals surface area contributed by atoms with Crippen LogP contribution in [0.25, 0.3) is 21.9 Å². The number of hydrogen-bond acceptors (Lipinski definition) is 7. The van der Waals surface area contributed by atoms with Crippen molar-refractivity contribution < 1.29 is 9.21 Å². The van der Waals surface area contributed by atoms with Crippen LogP contribution in [-0.2, 0) is 0 Å². The molecule has 0 aliphatic rings. The van der Waals surface area contributed by atoms with Crippen LogP contribution in [0.1, 0.15) is 10.4 Å². The monoisotopic (exact) mass is 324 g/mol. The van der Waals surface area contributed by atoms with Crippen LogP contribution in [0.15, 0.2) is 44.5 Å². The van der Waals surface area contributed by atoms with E-state index in [1.165, 1.54) is 0 Å². The maximum atomic E-state index is 12.7. The van der Waals surface area contributed by atoms with E-state index < -0.39 is 17.0 Å². The van der Waals surface area contributed by atoms with E-state index in [0.29, 0.717) is 5.39 Å². The van der Waals surface area contributed by atoms with Gasteiger partial charge >= 0.3 is 5.63 Å². The lowest BCUT2D eigenvalue weighted by Gasteiger charge is -2.04. The lowest BCUT2D eigenvalue weighted by atomic mass is 10.1. The summed E-state index contributed by atoms with van der Waals surface area (Å²) < 4.78 is 5.16. The van der Waals surface area contributed by atoms with Crippen LogP contribution >= 0.6 is 0 Å². The Labute approximate surface area is 131 Å². The van der Waals surface area contributed by atoms with Crippen LogP contribution in [0, 0.1) is 0 Å². The standard InChI is InChI=1S/C14H8N6O4/c21-11-7(12(22)16-14-17-19-20-18-14)5-15-10-9(11)6-3-1-2-4-8(6)24-13(10)23/h1-5H,(H,15,21)(H2,16,17,18,19,20,22). The summed E-state index contributed by atoms with van der Waals surface area (Å²) in [4.78, 5) is 39.7. The van der Waals surface area contributed by atoms with Crippen LogP contribution in [0.2, 0.25) is 0 Å². The lowest BCUT2D eigenvalue weighted by Crippen LogP contribution is -2.24. The van der Waals surface area contributed by atoms with Crippen LogP contribution < -0.4 is 16.4 Å². The van der Waals surface area contributed by atoms with E-state index in [1.54, 1.807) is 24.3 Å². The van der Waals surface area contributed by atoms with E-state index in [4.69, 9.17) is 4.42 Å². The third kappa shape index (κ3) is 2.05. The van der Waals surface area contributed by atoms with Gasteiger partial charge in [0.25, 0.3) is 5.91 Å². The number of tetrazole rings is 1. The fourth-order valence-corrected chi connectivity index (χ4v) is 2.42. The molecule has 0 saturated carbocycles. The summed E-state index contributed by atoms with van der Waals surface area (Å²) in [7, 11) is 0. The molecule has 0 aliphatic carbocycles. The topological polar surface area (TPSA) is 147 Å². The van der Waals surface area contributed by atoms with Gasteiger partial charge < -0.3 is 9.40 Å². The summed E-state index contributed by atoms with van der Waals surface area (Å²) in [5.41, 5.74) is -1.21. The number of H-pyrrole nitrogens is 2. The number of nitrogens with zero attached hydrogens (tertiary/aromatic N) is 3. The van der Waals surface area contributed by atoms with Gasteiger partial charge in [0.05, 0.1) is 5.39 Å². The predicted molar refractivity (Wildman–Crippen MR) is 82.7 cm³/mol. The molecule has 4 aromatic rings. The normalized spacial score (nSPS) is 11.0. The summed E-state index contributed by atoms with van der Waals surface area (Å²) in [5, 5.41) is 15.4. The highest BCUT2D eigenvalue weighted by Gasteiger charge is 2.18. The number of pyridine rings is 1. The predicted octanol–water partition coefficient (Wildman–Crippen LogP) is 0.400. The molecule has 4 rings (SSSR count). The number of carbonyl (C=O) groups is 1. The quantitative estimate of drug-likeness (QED) is 0.357. The smallest absolute Gasteiger partial charge is 0.360 e. The van der Waals surface area contributed by atoms with Gasteiger partial charge in [-0.3, -0.25) is 14.9 Å². The van der Waals surface area contributed by atoms with Gasteiger partial charge in [-0.15, -0.1) is 0 Å². The zero-order chi connectivity index (χ0) is 16.7. The number of amides is 1. The minimum absolute atomic E-state index is 0.00284. The Morgan fingerprint density at radius 1 is 1.21 bits per heavy atom. The van der Waals surface area contributed by atoms with Crippen molar-refractivity contribution in [2.24, 2.45) is 0 Å². The molecule has 10 nitrogen and oxygen atoms in total. The first-order valence-electron chi connectivity index (χ1n) is 6.77. The van der Waals surface area contributed by atoms with Crippen molar-refractivity contribution >= 4 is 33.7 Å². The molecule has 24 heavy (non-hydrogen) atoms. The summed E-state index contributed by atoms with van der Waals surface area (Å²) in [6.45, 7) is 0. The summed E-state index contributed by atoms with van der Waals surface area (Å²) >= 11 is 0. The number of nitrogens with one attached hydrogen (secondary N) is 3. The molecule has 0 bridgehead atoms. The van der Waals surface area contributed by atoms with Gasteiger partial charge in [0.1, 0.15) is 16.7 Å². The maximum Gasteiger partial charge on any atom is 0.360 e. The lowest BCUT2D eigenvalue weighted by molar-refractivity contribution is 0.102. The Balaban J connectivity index is 1.97. The Bertz CT molecular complexity index is 1190. The van der Waals surface area contributed by atoms with Crippen LogP contribution in [0.3, 0.4) is 0 Å². The Hall–Kier alpha value is -3.82. The number of aromatic nitrogens is 5. The minimum atomic E-state index is -0.714. The molecular formula is C14H8N6O4. The second kappa shape index (κ2) is 5.12. The molecule has 10 heteroatoms. The molecule has 118 valence electrons. The largest absolute Gasteiger partial charge is 0.421 e. The van der Waals surface area contributed by atoms with Crippen molar-refractivity contribution in [2.75, 3.05) is 5.32 Å². The van der Waals surface area contributed by atoms with Gasteiger partial charge in [-0.2, -0.15) is 0 Å². The van der Waals surface area contributed by atoms with E-state index in [2.05, 4.69) is 30.9 Å². The van der Waals surface area contributed by atoms with E-state index in [-0.39, 0.29) is 28.0 Å². The number of aromatic amines is 2.